The minimum Gasteiger partial charge on any atom is -0.303 e. The molecule has 0 spiro atoms. The molecule has 0 aromatic heterocycles. The molecule has 1 aliphatic heterocycles. The standard InChI is InChI=1S/C16H29NO/c1-3-16(4-2)9-12-17(13-10-16)11-8-14-6-5-7-15(14)18/h14H,3-13H2,1-2H3. The molecule has 1 saturated carbocycles. The third-order valence-electron chi connectivity index (χ3n) is 5.64. The molecule has 1 aliphatic carbocycles. The highest BCUT2D eigenvalue weighted by Crippen LogP contribution is 2.38. The summed E-state index contributed by atoms with van der Waals surface area (Å²) in [4.78, 5) is 14.2. The van der Waals surface area contributed by atoms with Gasteiger partial charge in [-0.1, -0.05) is 26.7 Å². The summed E-state index contributed by atoms with van der Waals surface area (Å²) in [5.41, 5.74) is 0.625. The van der Waals surface area contributed by atoms with Crippen LogP contribution in [0.1, 0.15) is 65.2 Å². The molecule has 104 valence electrons. The van der Waals surface area contributed by atoms with Crippen molar-refractivity contribution < 1.29 is 4.79 Å². The van der Waals surface area contributed by atoms with Crippen molar-refractivity contribution in [3.05, 3.63) is 0 Å². The van der Waals surface area contributed by atoms with Crippen molar-refractivity contribution in [1.82, 2.24) is 4.90 Å². The average Bonchev–Trinajstić information content (AvgIpc) is 2.83. The molecule has 2 fully saturated rings. The van der Waals surface area contributed by atoms with Gasteiger partial charge < -0.3 is 4.90 Å². The van der Waals surface area contributed by atoms with Gasteiger partial charge in [-0.25, -0.2) is 0 Å². The molecule has 18 heavy (non-hydrogen) atoms. The van der Waals surface area contributed by atoms with Gasteiger partial charge in [0.05, 0.1) is 0 Å². The number of likely N-dealkylation sites (tertiary alicyclic amines) is 1. The molecule has 1 unspecified atom stereocenters. The number of nitrogens with zero attached hydrogens (tertiary/aromatic N) is 1. The Morgan fingerprint density at radius 3 is 2.39 bits per heavy atom. The highest BCUT2D eigenvalue weighted by atomic mass is 16.1. The Labute approximate surface area is 112 Å². The van der Waals surface area contributed by atoms with Gasteiger partial charge in [0.15, 0.2) is 0 Å². The molecule has 2 rings (SSSR count). The summed E-state index contributed by atoms with van der Waals surface area (Å²) in [6, 6.07) is 0. The molecule has 0 bridgehead atoms. The minimum atomic E-state index is 0.397. The van der Waals surface area contributed by atoms with Crippen LogP contribution in [0.3, 0.4) is 0 Å². The van der Waals surface area contributed by atoms with Gasteiger partial charge in [0, 0.05) is 12.3 Å². The van der Waals surface area contributed by atoms with E-state index in [1.54, 1.807) is 0 Å². The first kappa shape index (κ1) is 14.0. The summed E-state index contributed by atoms with van der Waals surface area (Å²) in [5, 5.41) is 0. The van der Waals surface area contributed by atoms with Gasteiger partial charge in [-0.2, -0.15) is 0 Å². The summed E-state index contributed by atoms with van der Waals surface area (Å²) in [6.45, 7) is 8.35. The fraction of sp³-hybridized carbons (Fsp3) is 0.938. The van der Waals surface area contributed by atoms with Crippen LogP contribution in [0.5, 0.6) is 0 Å². The van der Waals surface area contributed by atoms with Crippen LogP contribution in [0.25, 0.3) is 0 Å². The molecule has 1 atom stereocenters. The first-order chi connectivity index (χ1) is 8.69. The Balaban J connectivity index is 1.72. The predicted molar refractivity (Wildman–Crippen MR) is 75.7 cm³/mol. The lowest BCUT2D eigenvalue weighted by atomic mass is 9.74. The molecular weight excluding hydrogens is 222 g/mol. The zero-order chi connectivity index (χ0) is 13.0. The number of carbonyl (C=O) groups is 1. The predicted octanol–water partition coefficient (Wildman–Crippen LogP) is 3.65. The van der Waals surface area contributed by atoms with Crippen molar-refractivity contribution in [2.45, 2.75) is 65.2 Å². The Morgan fingerprint density at radius 2 is 1.89 bits per heavy atom. The summed E-state index contributed by atoms with van der Waals surface area (Å²) in [5.74, 6) is 0.928. The van der Waals surface area contributed by atoms with Crippen LogP contribution in [0, 0.1) is 11.3 Å². The number of carbonyl (C=O) groups excluding carboxylic acids is 1. The van der Waals surface area contributed by atoms with Crippen LogP contribution < -0.4 is 0 Å². The fourth-order valence-electron chi connectivity index (χ4n) is 3.74. The van der Waals surface area contributed by atoms with Crippen LogP contribution in [-0.4, -0.2) is 30.3 Å². The number of hydrogen-bond acceptors (Lipinski definition) is 2. The molecule has 2 heteroatoms. The van der Waals surface area contributed by atoms with Gasteiger partial charge >= 0.3 is 0 Å². The molecule has 1 heterocycles. The van der Waals surface area contributed by atoms with Crippen molar-refractivity contribution >= 4 is 5.78 Å². The minimum absolute atomic E-state index is 0.397. The Hall–Kier alpha value is -0.370. The van der Waals surface area contributed by atoms with Crippen LogP contribution in [0.2, 0.25) is 0 Å². The second-order valence-corrected chi connectivity index (χ2v) is 6.39. The molecule has 2 aliphatic rings. The van der Waals surface area contributed by atoms with Gasteiger partial charge in [0.1, 0.15) is 5.78 Å². The third-order valence-corrected chi connectivity index (χ3v) is 5.64. The van der Waals surface area contributed by atoms with Crippen molar-refractivity contribution in [3.63, 3.8) is 0 Å². The molecule has 1 saturated heterocycles. The SMILES string of the molecule is CCC1(CC)CCN(CCC2CCCC2=O)CC1. The van der Waals surface area contributed by atoms with E-state index in [0.29, 0.717) is 17.1 Å². The summed E-state index contributed by atoms with van der Waals surface area (Å²) >= 11 is 0. The van der Waals surface area contributed by atoms with Gasteiger partial charge in [-0.3, -0.25) is 4.79 Å². The monoisotopic (exact) mass is 251 g/mol. The molecule has 0 N–H and O–H groups in total. The molecule has 0 aromatic rings. The highest BCUT2D eigenvalue weighted by Gasteiger charge is 2.31. The second kappa shape index (κ2) is 6.18. The van der Waals surface area contributed by atoms with Crippen molar-refractivity contribution in [3.8, 4) is 0 Å². The van der Waals surface area contributed by atoms with Crippen LogP contribution in [0.4, 0.5) is 0 Å². The lowest BCUT2D eigenvalue weighted by molar-refractivity contribution is -0.120. The summed E-state index contributed by atoms with van der Waals surface area (Å²) in [7, 11) is 0. The smallest absolute Gasteiger partial charge is 0.136 e. The number of rotatable bonds is 5. The van der Waals surface area contributed by atoms with Crippen LogP contribution in [-0.2, 0) is 4.79 Å². The van der Waals surface area contributed by atoms with Gasteiger partial charge in [-0.05, 0) is 57.2 Å². The van der Waals surface area contributed by atoms with Crippen LogP contribution in [0.15, 0.2) is 0 Å². The third kappa shape index (κ3) is 3.14. The van der Waals surface area contributed by atoms with Crippen molar-refractivity contribution in [2.24, 2.45) is 11.3 Å². The number of Topliss-reactive ketones (excluding diaryl/α,β-unsaturated/α-hetero) is 1. The average molecular weight is 251 g/mol. The second-order valence-electron chi connectivity index (χ2n) is 6.39. The maximum Gasteiger partial charge on any atom is 0.136 e. The normalized spacial score (nSPS) is 28.8. The molecular formula is C16H29NO. The van der Waals surface area contributed by atoms with E-state index in [-0.39, 0.29) is 0 Å². The van der Waals surface area contributed by atoms with E-state index in [0.717, 1.165) is 32.2 Å². The molecule has 0 radical (unpaired) electrons. The van der Waals surface area contributed by atoms with E-state index in [9.17, 15) is 4.79 Å². The lowest BCUT2D eigenvalue weighted by Crippen LogP contribution is -2.40. The van der Waals surface area contributed by atoms with E-state index in [4.69, 9.17) is 0 Å². The van der Waals surface area contributed by atoms with E-state index in [1.807, 2.05) is 0 Å². The molecule has 0 amide bonds. The number of ketones is 1. The highest BCUT2D eigenvalue weighted by molar-refractivity contribution is 5.82. The van der Waals surface area contributed by atoms with Gasteiger partial charge in [-0.15, -0.1) is 0 Å². The Morgan fingerprint density at radius 1 is 1.22 bits per heavy atom. The van der Waals surface area contributed by atoms with Crippen molar-refractivity contribution in [2.75, 3.05) is 19.6 Å². The topological polar surface area (TPSA) is 20.3 Å². The first-order valence-electron chi connectivity index (χ1n) is 7.94. The van der Waals surface area contributed by atoms with Gasteiger partial charge in [0.25, 0.3) is 0 Å². The van der Waals surface area contributed by atoms with E-state index in [2.05, 4.69) is 18.7 Å². The first-order valence-corrected chi connectivity index (χ1v) is 7.94. The maximum atomic E-state index is 11.6. The Kier molecular flexibility index (Phi) is 4.83. The van der Waals surface area contributed by atoms with E-state index >= 15 is 0 Å². The van der Waals surface area contributed by atoms with E-state index in [1.165, 1.54) is 38.8 Å². The zero-order valence-corrected chi connectivity index (χ0v) is 12.2. The number of piperidine rings is 1. The van der Waals surface area contributed by atoms with Crippen molar-refractivity contribution in [1.29, 1.82) is 0 Å². The largest absolute Gasteiger partial charge is 0.303 e. The summed E-state index contributed by atoms with van der Waals surface area (Å²) < 4.78 is 0. The van der Waals surface area contributed by atoms with Crippen LogP contribution >= 0.6 is 0 Å². The van der Waals surface area contributed by atoms with Gasteiger partial charge in [0.2, 0.25) is 0 Å². The fourth-order valence-corrected chi connectivity index (χ4v) is 3.74. The van der Waals surface area contributed by atoms with E-state index < -0.39 is 0 Å². The number of hydrogen-bond donors (Lipinski definition) is 0. The Bertz CT molecular complexity index is 273. The quantitative estimate of drug-likeness (QED) is 0.743. The molecule has 0 aromatic carbocycles. The maximum absolute atomic E-state index is 11.6. The summed E-state index contributed by atoms with van der Waals surface area (Å²) in [6.07, 6.45) is 9.64. The zero-order valence-electron chi connectivity index (χ0n) is 12.2. The molecule has 2 nitrogen and oxygen atoms in total. The lowest BCUT2D eigenvalue weighted by Gasteiger charge is -2.41.